The van der Waals surface area contributed by atoms with Crippen LogP contribution in [0.1, 0.15) is 48.5 Å². The molecule has 0 aromatic heterocycles. The topological polar surface area (TPSA) is 84.9 Å². The van der Waals surface area contributed by atoms with Crippen molar-refractivity contribution in [3.05, 3.63) is 52.5 Å². The number of hydrogen-bond donors (Lipinski definition) is 1. The second-order valence-corrected chi connectivity index (χ2v) is 9.98. The van der Waals surface area contributed by atoms with E-state index >= 15 is 0 Å². The fourth-order valence-electron chi connectivity index (χ4n) is 3.55. The summed E-state index contributed by atoms with van der Waals surface area (Å²) in [5, 5.41) is 3.10. The van der Waals surface area contributed by atoms with Crippen LogP contribution in [-0.2, 0) is 16.6 Å². The van der Waals surface area contributed by atoms with Crippen LogP contribution in [0.15, 0.2) is 41.3 Å². The van der Waals surface area contributed by atoms with Gasteiger partial charge in [0.15, 0.2) is 11.5 Å². The zero-order valence-corrected chi connectivity index (χ0v) is 20.0. The number of methoxy groups -OCH3 is 1. The molecular formula is C23H29ClN2O5S. The van der Waals surface area contributed by atoms with Crippen molar-refractivity contribution in [3.63, 3.8) is 0 Å². The van der Waals surface area contributed by atoms with Crippen LogP contribution in [0, 0.1) is 0 Å². The van der Waals surface area contributed by atoms with Crippen LogP contribution in [0.2, 0.25) is 5.02 Å². The van der Waals surface area contributed by atoms with E-state index in [9.17, 15) is 13.2 Å². The summed E-state index contributed by atoms with van der Waals surface area (Å²) in [6.45, 7) is 3.73. The third kappa shape index (κ3) is 5.74. The first-order valence-corrected chi connectivity index (χ1v) is 12.6. The summed E-state index contributed by atoms with van der Waals surface area (Å²) in [6, 6.07) is 9.78. The van der Waals surface area contributed by atoms with Gasteiger partial charge in [-0.2, -0.15) is 4.31 Å². The van der Waals surface area contributed by atoms with Crippen LogP contribution < -0.4 is 14.8 Å². The molecule has 1 heterocycles. The Morgan fingerprint density at radius 1 is 1.16 bits per heavy atom. The average molecular weight is 481 g/mol. The Hall–Kier alpha value is -2.29. The maximum absolute atomic E-state index is 12.9. The standard InChI is InChI=1S/C23H29ClN2O5S/c1-3-12-31-22-20(24)14-18(15-21(22)30-2)23(27)25-16-17-8-7-9-19(13-17)32(28,29)26-10-5-4-6-11-26/h7-9,13-15H,3-6,10-12,16H2,1-2H3,(H,25,27). The molecule has 1 N–H and O–H groups in total. The molecule has 1 aliphatic heterocycles. The highest BCUT2D eigenvalue weighted by Gasteiger charge is 2.26. The minimum atomic E-state index is -3.53. The number of ether oxygens (including phenoxy) is 2. The quantitative estimate of drug-likeness (QED) is 0.580. The molecule has 32 heavy (non-hydrogen) atoms. The third-order valence-corrected chi connectivity index (χ3v) is 7.42. The van der Waals surface area contributed by atoms with Gasteiger partial charge in [0.2, 0.25) is 10.0 Å². The van der Waals surface area contributed by atoms with Gasteiger partial charge in [-0.3, -0.25) is 4.79 Å². The van der Waals surface area contributed by atoms with Gasteiger partial charge >= 0.3 is 0 Å². The number of benzene rings is 2. The van der Waals surface area contributed by atoms with Crippen LogP contribution in [0.5, 0.6) is 11.5 Å². The number of carbonyl (C=O) groups is 1. The molecule has 0 atom stereocenters. The number of sulfonamides is 1. The minimum Gasteiger partial charge on any atom is -0.493 e. The summed E-state index contributed by atoms with van der Waals surface area (Å²) in [7, 11) is -2.04. The highest BCUT2D eigenvalue weighted by atomic mass is 35.5. The molecule has 3 rings (SSSR count). The number of halogens is 1. The smallest absolute Gasteiger partial charge is 0.251 e. The average Bonchev–Trinajstić information content (AvgIpc) is 2.82. The Bertz CT molecular complexity index is 1050. The van der Waals surface area contributed by atoms with Crippen molar-refractivity contribution in [2.75, 3.05) is 26.8 Å². The Balaban J connectivity index is 1.71. The van der Waals surface area contributed by atoms with E-state index < -0.39 is 10.0 Å². The molecule has 0 unspecified atom stereocenters. The molecule has 0 saturated carbocycles. The van der Waals surface area contributed by atoms with Crippen molar-refractivity contribution in [2.45, 2.75) is 44.0 Å². The lowest BCUT2D eigenvalue weighted by Crippen LogP contribution is -2.35. The van der Waals surface area contributed by atoms with Crippen molar-refractivity contribution >= 4 is 27.5 Å². The Labute approximate surface area is 194 Å². The van der Waals surface area contributed by atoms with Gasteiger partial charge in [-0.15, -0.1) is 0 Å². The van der Waals surface area contributed by atoms with Gasteiger partial charge in [0.05, 0.1) is 23.6 Å². The molecule has 1 fully saturated rings. The number of hydrogen-bond acceptors (Lipinski definition) is 5. The molecule has 2 aromatic rings. The maximum Gasteiger partial charge on any atom is 0.251 e. The van der Waals surface area contributed by atoms with Crippen molar-refractivity contribution in [1.82, 2.24) is 9.62 Å². The van der Waals surface area contributed by atoms with Gasteiger partial charge in [-0.25, -0.2) is 8.42 Å². The van der Waals surface area contributed by atoms with Gasteiger partial charge in [-0.05, 0) is 49.1 Å². The van der Waals surface area contributed by atoms with Crippen molar-refractivity contribution < 1.29 is 22.7 Å². The molecule has 2 aromatic carbocycles. The predicted octanol–water partition coefficient (Wildman–Crippen LogP) is 4.24. The van der Waals surface area contributed by atoms with Gasteiger partial charge < -0.3 is 14.8 Å². The monoisotopic (exact) mass is 480 g/mol. The highest BCUT2D eigenvalue weighted by molar-refractivity contribution is 7.89. The molecule has 0 bridgehead atoms. The molecule has 7 nitrogen and oxygen atoms in total. The van der Waals surface area contributed by atoms with Crippen LogP contribution in [0.25, 0.3) is 0 Å². The SMILES string of the molecule is CCCOc1c(Cl)cc(C(=O)NCc2cccc(S(=O)(=O)N3CCCCC3)c2)cc1OC. The number of nitrogens with one attached hydrogen (secondary N) is 1. The van der Waals surface area contributed by atoms with Gasteiger partial charge in [0.1, 0.15) is 0 Å². The largest absolute Gasteiger partial charge is 0.493 e. The zero-order valence-electron chi connectivity index (χ0n) is 18.4. The van der Waals surface area contributed by atoms with Gasteiger partial charge in [-0.1, -0.05) is 37.1 Å². The summed E-state index contributed by atoms with van der Waals surface area (Å²) in [5.41, 5.74) is 1.02. The van der Waals surface area contributed by atoms with Crippen LogP contribution >= 0.6 is 11.6 Å². The molecule has 0 spiro atoms. The second kappa shape index (κ2) is 11.0. The molecule has 1 saturated heterocycles. The van der Waals surface area contributed by atoms with Crippen molar-refractivity contribution in [3.8, 4) is 11.5 Å². The lowest BCUT2D eigenvalue weighted by atomic mass is 10.1. The molecule has 9 heteroatoms. The summed E-state index contributed by atoms with van der Waals surface area (Å²) in [5.74, 6) is 0.436. The van der Waals surface area contributed by atoms with Gasteiger partial charge in [0, 0.05) is 25.2 Å². The number of piperidine rings is 1. The molecular weight excluding hydrogens is 452 g/mol. The zero-order chi connectivity index (χ0) is 23.1. The van der Waals surface area contributed by atoms with Crippen LogP contribution in [-0.4, -0.2) is 45.4 Å². The highest BCUT2D eigenvalue weighted by Crippen LogP contribution is 2.36. The lowest BCUT2D eigenvalue weighted by molar-refractivity contribution is 0.0950. The van der Waals surface area contributed by atoms with E-state index in [2.05, 4.69) is 5.32 Å². The van der Waals surface area contributed by atoms with E-state index in [1.807, 2.05) is 6.92 Å². The second-order valence-electron chi connectivity index (χ2n) is 7.63. The number of amides is 1. The number of nitrogens with zero attached hydrogens (tertiary/aromatic N) is 1. The summed E-state index contributed by atoms with van der Waals surface area (Å²) < 4.78 is 38.3. The Morgan fingerprint density at radius 2 is 1.91 bits per heavy atom. The predicted molar refractivity (Wildman–Crippen MR) is 124 cm³/mol. The first kappa shape index (κ1) is 24.4. The van der Waals surface area contributed by atoms with Crippen molar-refractivity contribution in [1.29, 1.82) is 0 Å². The summed E-state index contributed by atoms with van der Waals surface area (Å²) in [4.78, 5) is 12.9. The van der Waals surface area contributed by atoms with Crippen molar-refractivity contribution in [2.24, 2.45) is 0 Å². The first-order valence-electron chi connectivity index (χ1n) is 10.7. The summed E-state index contributed by atoms with van der Waals surface area (Å²) >= 11 is 6.30. The van der Waals surface area contributed by atoms with E-state index in [4.69, 9.17) is 21.1 Å². The van der Waals surface area contributed by atoms with E-state index in [1.54, 1.807) is 30.3 Å². The summed E-state index contributed by atoms with van der Waals surface area (Å²) in [6.07, 6.45) is 3.62. The Morgan fingerprint density at radius 3 is 2.59 bits per heavy atom. The lowest BCUT2D eigenvalue weighted by Gasteiger charge is -2.26. The van der Waals surface area contributed by atoms with E-state index in [0.29, 0.717) is 42.3 Å². The van der Waals surface area contributed by atoms with E-state index in [0.717, 1.165) is 25.7 Å². The van der Waals surface area contributed by atoms with E-state index in [-0.39, 0.29) is 22.4 Å². The fraction of sp³-hybridized carbons (Fsp3) is 0.435. The van der Waals surface area contributed by atoms with Crippen LogP contribution in [0.3, 0.4) is 0 Å². The molecule has 1 amide bonds. The molecule has 0 radical (unpaired) electrons. The number of carbonyl (C=O) groups excluding carboxylic acids is 1. The normalized spacial score (nSPS) is 14.7. The number of rotatable bonds is 9. The molecule has 1 aliphatic rings. The molecule has 174 valence electrons. The minimum absolute atomic E-state index is 0.177. The van der Waals surface area contributed by atoms with E-state index in [1.165, 1.54) is 17.5 Å². The Kier molecular flexibility index (Phi) is 8.39. The maximum atomic E-state index is 12.9. The van der Waals surface area contributed by atoms with Crippen LogP contribution in [0.4, 0.5) is 0 Å². The molecule has 0 aliphatic carbocycles. The first-order chi connectivity index (χ1) is 15.4. The van der Waals surface area contributed by atoms with Gasteiger partial charge in [0.25, 0.3) is 5.91 Å². The fourth-order valence-corrected chi connectivity index (χ4v) is 5.40. The third-order valence-electron chi connectivity index (χ3n) is 5.25.